The average molecular weight is 423 g/mol. The quantitative estimate of drug-likeness (QED) is 0.350. The van der Waals surface area contributed by atoms with Crippen molar-refractivity contribution >= 4 is 32.5 Å². The van der Waals surface area contributed by atoms with E-state index in [0.29, 0.717) is 5.56 Å². The molecule has 4 aromatic carbocycles. The van der Waals surface area contributed by atoms with Gasteiger partial charge in [-0.25, -0.2) is 0 Å². The fraction of sp³-hybridized carbons (Fsp3) is 0.0833. The minimum Gasteiger partial charge on any atom is -0.377 e. The van der Waals surface area contributed by atoms with Crippen molar-refractivity contribution < 1.29 is 12.6 Å². The molecule has 0 aliphatic rings. The fourth-order valence-corrected chi connectivity index (χ4v) is 4.61. The summed E-state index contributed by atoms with van der Waals surface area (Å²) >= 11 is 6.41. The number of benzene rings is 4. The van der Waals surface area contributed by atoms with Crippen molar-refractivity contribution in [2.45, 2.75) is 18.7 Å². The number of fused-ring (bicyclic) bond motifs is 1. The molecule has 0 unspecified atom stereocenters. The van der Waals surface area contributed by atoms with Crippen molar-refractivity contribution in [1.82, 2.24) is 0 Å². The van der Waals surface area contributed by atoms with E-state index in [1.165, 1.54) is 12.1 Å². The molecule has 0 radical (unpaired) electrons. The van der Waals surface area contributed by atoms with Gasteiger partial charge in [-0.05, 0) is 53.9 Å². The maximum atomic E-state index is 12.9. The molecule has 0 saturated carbocycles. The van der Waals surface area contributed by atoms with Gasteiger partial charge in [-0.1, -0.05) is 77.8 Å². The van der Waals surface area contributed by atoms with Crippen LogP contribution in [0.5, 0.6) is 5.75 Å². The predicted octanol–water partition coefficient (Wildman–Crippen LogP) is 6.54. The second kappa shape index (κ2) is 7.54. The van der Waals surface area contributed by atoms with E-state index in [2.05, 4.69) is 0 Å². The zero-order valence-electron chi connectivity index (χ0n) is 16.0. The molecule has 29 heavy (non-hydrogen) atoms. The van der Waals surface area contributed by atoms with Crippen LogP contribution >= 0.6 is 11.6 Å². The Kier molecular flexibility index (Phi) is 5.07. The van der Waals surface area contributed by atoms with Crippen molar-refractivity contribution in [3.05, 3.63) is 95.0 Å². The Bertz CT molecular complexity index is 1310. The van der Waals surface area contributed by atoms with Crippen molar-refractivity contribution in [3.8, 4) is 16.9 Å². The third kappa shape index (κ3) is 3.74. The lowest BCUT2D eigenvalue weighted by Crippen LogP contribution is -2.11. The number of hydrogen-bond acceptors (Lipinski definition) is 3. The Balaban J connectivity index is 1.90. The molecule has 0 aliphatic carbocycles. The molecule has 0 heterocycles. The average Bonchev–Trinajstić information content (AvgIpc) is 2.70. The minimum atomic E-state index is -4.03. The van der Waals surface area contributed by atoms with E-state index in [1.54, 1.807) is 24.3 Å². The molecule has 0 amide bonds. The second-order valence-electron chi connectivity index (χ2n) is 6.95. The predicted molar refractivity (Wildman–Crippen MR) is 118 cm³/mol. The summed E-state index contributed by atoms with van der Waals surface area (Å²) in [6.45, 7) is 3.88. The first kappa shape index (κ1) is 19.5. The molecule has 5 heteroatoms. The molecule has 0 atom stereocenters. The van der Waals surface area contributed by atoms with E-state index in [-0.39, 0.29) is 15.7 Å². The number of hydrogen-bond donors (Lipinski definition) is 0. The van der Waals surface area contributed by atoms with Crippen LogP contribution in [0.4, 0.5) is 0 Å². The van der Waals surface area contributed by atoms with E-state index in [0.717, 1.165) is 27.5 Å². The normalized spacial score (nSPS) is 11.6. The van der Waals surface area contributed by atoms with Gasteiger partial charge in [0.1, 0.15) is 4.90 Å². The highest BCUT2D eigenvalue weighted by Gasteiger charge is 2.22. The third-order valence-corrected chi connectivity index (χ3v) is 6.41. The Morgan fingerprint density at radius 3 is 2.28 bits per heavy atom. The fourth-order valence-electron chi connectivity index (χ4n) is 3.39. The van der Waals surface area contributed by atoms with Gasteiger partial charge in [0.25, 0.3) is 0 Å². The molecule has 0 aromatic heterocycles. The van der Waals surface area contributed by atoms with Gasteiger partial charge in [0, 0.05) is 5.56 Å². The van der Waals surface area contributed by atoms with Gasteiger partial charge in [0.05, 0.1) is 5.02 Å². The molecule has 3 nitrogen and oxygen atoms in total. The first-order chi connectivity index (χ1) is 13.9. The summed E-state index contributed by atoms with van der Waals surface area (Å²) in [5.74, 6) is 0.134. The largest absolute Gasteiger partial charge is 0.377 e. The molecule has 4 aromatic rings. The third-order valence-electron chi connectivity index (χ3n) is 4.88. The number of rotatable bonds is 4. The van der Waals surface area contributed by atoms with Gasteiger partial charge in [-0.2, -0.15) is 8.42 Å². The maximum Gasteiger partial charge on any atom is 0.339 e. The maximum absolute atomic E-state index is 12.9. The monoisotopic (exact) mass is 422 g/mol. The van der Waals surface area contributed by atoms with Crippen LogP contribution in [0.3, 0.4) is 0 Å². The van der Waals surface area contributed by atoms with Crippen LogP contribution in [-0.2, 0) is 10.1 Å². The zero-order valence-corrected chi connectivity index (χ0v) is 17.6. The highest BCUT2D eigenvalue weighted by Crippen LogP contribution is 2.42. The smallest absolute Gasteiger partial charge is 0.339 e. The van der Waals surface area contributed by atoms with Gasteiger partial charge in [0.2, 0.25) is 0 Å². The summed E-state index contributed by atoms with van der Waals surface area (Å²) in [7, 11) is -4.03. The number of para-hydroxylation sites is 1. The summed E-state index contributed by atoms with van der Waals surface area (Å²) in [4.78, 5) is 0.0867. The van der Waals surface area contributed by atoms with Crippen molar-refractivity contribution in [2.24, 2.45) is 0 Å². The number of halogens is 1. The molecule has 0 fully saturated rings. The summed E-state index contributed by atoms with van der Waals surface area (Å²) in [6.07, 6.45) is 0. The lowest BCUT2D eigenvalue weighted by Gasteiger charge is -2.16. The molecular weight excluding hydrogens is 404 g/mol. The van der Waals surface area contributed by atoms with Crippen LogP contribution in [0.25, 0.3) is 21.9 Å². The minimum absolute atomic E-state index is 0.0867. The zero-order chi connectivity index (χ0) is 20.6. The van der Waals surface area contributed by atoms with E-state index >= 15 is 0 Å². The highest BCUT2D eigenvalue weighted by molar-refractivity contribution is 7.87. The highest BCUT2D eigenvalue weighted by atomic mass is 35.5. The van der Waals surface area contributed by atoms with E-state index in [4.69, 9.17) is 15.8 Å². The lowest BCUT2D eigenvalue weighted by molar-refractivity contribution is 0.487. The van der Waals surface area contributed by atoms with Crippen LogP contribution in [0.2, 0.25) is 5.02 Å². The molecule has 0 N–H and O–H groups in total. The second-order valence-corrected chi connectivity index (χ2v) is 8.90. The summed E-state index contributed by atoms with van der Waals surface area (Å²) in [6, 6.07) is 23.8. The van der Waals surface area contributed by atoms with Crippen LogP contribution in [0.15, 0.2) is 83.8 Å². The molecular formula is C24H19ClO3S. The molecule has 0 bridgehead atoms. The van der Waals surface area contributed by atoms with Crippen molar-refractivity contribution in [3.63, 3.8) is 0 Å². The van der Waals surface area contributed by atoms with E-state index in [9.17, 15) is 8.42 Å². The molecule has 146 valence electrons. The van der Waals surface area contributed by atoms with Crippen LogP contribution in [0.1, 0.15) is 11.1 Å². The topological polar surface area (TPSA) is 43.4 Å². The van der Waals surface area contributed by atoms with Gasteiger partial charge < -0.3 is 4.18 Å². The Labute approximate surface area is 175 Å². The lowest BCUT2D eigenvalue weighted by atomic mass is 9.93. The summed E-state index contributed by atoms with van der Waals surface area (Å²) in [5.41, 5.74) is 3.51. The molecule has 4 rings (SSSR count). The van der Waals surface area contributed by atoms with Gasteiger partial charge in [0.15, 0.2) is 5.75 Å². The Morgan fingerprint density at radius 1 is 0.793 bits per heavy atom. The van der Waals surface area contributed by atoms with Crippen LogP contribution in [-0.4, -0.2) is 8.42 Å². The summed E-state index contributed by atoms with van der Waals surface area (Å²) in [5, 5.41) is 2.30. The van der Waals surface area contributed by atoms with E-state index in [1.807, 2.05) is 56.3 Å². The first-order valence-corrected chi connectivity index (χ1v) is 10.9. The van der Waals surface area contributed by atoms with Gasteiger partial charge >= 0.3 is 10.1 Å². The standard InChI is InChI=1S/C24H19ClO3S/c1-16-10-14-19(15-11-16)29(26,27)28-24-21(8-5-9-22(24)25)23-17(2)12-13-18-6-3-4-7-20(18)23/h3-15H,1-2H3. The van der Waals surface area contributed by atoms with Gasteiger partial charge in [-0.3, -0.25) is 0 Å². The van der Waals surface area contributed by atoms with Crippen molar-refractivity contribution in [1.29, 1.82) is 0 Å². The van der Waals surface area contributed by atoms with E-state index < -0.39 is 10.1 Å². The first-order valence-electron chi connectivity index (χ1n) is 9.15. The Hall–Kier alpha value is -2.82. The van der Waals surface area contributed by atoms with Crippen molar-refractivity contribution in [2.75, 3.05) is 0 Å². The van der Waals surface area contributed by atoms with Crippen LogP contribution in [0, 0.1) is 13.8 Å². The van der Waals surface area contributed by atoms with Crippen LogP contribution < -0.4 is 4.18 Å². The molecule has 0 saturated heterocycles. The summed E-state index contributed by atoms with van der Waals surface area (Å²) < 4.78 is 31.4. The SMILES string of the molecule is Cc1ccc(S(=O)(=O)Oc2c(Cl)cccc2-c2c(C)ccc3ccccc23)cc1. The number of aryl methyl sites for hydroxylation is 2. The Morgan fingerprint density at radius 2 is 1.52 bits per heavy atom. The van der Waals surface area contributed by atoms with Gasteiger partial charge in [-0.15, -0.1) is 0 Å². The molecule has 0 spiro atoms. The molecule has 0 aliphatic heterocycles.